The Morgan fingerprint density at radius 3 is 2.94 bits per heavy atom. The van der Waals surface area contributed by atoms with Gasteiger partial charge in [-0.1, -0.05) is 0 Å². The van der Waals surface area contributed by atoms with E-state index >= 15 is 0 Å². The number of aromatic nitrogens is 2. The number of nitrogens with zero attached hydrogens (tertiary/aromatic N) is 2. The fourth-order valence-electron chi connectivity index (χ4n) is 1.59. The molecule has 0 radical (unpaired) electrons. The molecule has 0 saturated carbocycles. The highest BCUT2D eigenvalue weighted by molar-refractivity contribution is 7.17. The number of pyridine rings is 1. The van der Waals surface area contributed by atoms with Crippen LogP contribution in [0, 0.1) is 0 Å². The van der Waals surface area contributed by atoms with Gasteiger partial charge in [-0.2, -0.15) is 0 Å². The molecule has 0 spiro atoms. The molecule has 3 rings (SSSR count). The quantitative estimate of drug-likeness (QED) is 0.768. The van der Waals surface area contributed by atoms with E-state index in [-0.39, 0.29) is 6.04 Å². The van der Waals surface area contributed by atoms with Crippen LogP contribution in [-0.4, -0.2) is 9.97 Å². The molecular weight excluding hydrogens is 250 g/mol. The van der Waals surface area contributed by atoms with Gasteiger partial charge in [-0.15, -0.1) is 22.7 Å². The highest BCUT2D eigenvalue weighted by atomic mass is 32.1. The van der Waals surface area contributed by atoms with E-state index in [1.54, 1.807) is 22.7 Å². The zero-order valence-corrected chi connectivity index (χ0v) is 10.9. The van der Waals surface area contributed by atoms with E-state index in [2.05, 4.69) is 21.4 Å². The second-order valence-corrected chi connectivity index (χ2v) is 5.89. The molecule has 5 heteroatoms. The molecule has 0 amide bonds. The van der Waals surface area contributed by atoms with Crippen LogP contribution >= 0.6 is 22.7 Å². The van der Waals surface area contributed by atoms with Crippen molar-refractivity contribution in [3.8, 4) is 10.6 Å². The lowest BCUT2D eigenvalue weighted by Gasteiger charge is -1.98. The summed E-state index contributed by atoms with van der Waals surface area (Å²) in [5, 5.41) is 3.04. The van der Waals surface area contributed by atoms with E-state index in [1.807, 2.05) is 25.4 Å². The molecule has 0 saturated heterocycles. The van der Waals surface area contributed by atoms with Crippen LogP contribution in [0.25, 0.3) is 20.8 Å². The summed E-state index contributed by atoms with van der Waals surface area (Å²) in [6, 6.07) is 4.20. The maximum absolute atomic E-state index is 5.84. The molecule has 17 heavy (non-hydrogen) atoms. The highest BCUT2D eigenvalue weighted by Crippen LogP contribution is 2.30. The standard InChI is InChI=1S/C12H11N3S2/c1-7(13)11-6-15-12(17-11)8-4-10-9(14-5-8)2-3-16-10/h2-7H,13H2,1H3. The highest BCUT2D eigenvalue weighted by Gasteiger charge is 2.09. The largest absolute Gasteiger partial charge is 0.323 e. The van der Waals surface area contributed by atoms with Gasteiger partial charge in [0.2, 0.25) is 0 Å². The molecule has 0 aliphatic rings. The lowest BCUT2D eigenvalue weighted by molar-refractivity contribution is 0.835. The van der Waals surface area contributed by atoms with Gasteiger partial charge in [0.25, 0.3) is 0 Å². The lowest BCUT2D eigenvalue weighted by Crippen LogP contribution is -2.01. The second kappa shape index (κ2) is 4.18. The Morgan fingerprint density at radius 1 is 1.29 bits per heavy atom. The van der Waals surface area contributed by atoms with Crippen molar-refractivity contribution >= 4 is 32.9 Å². The molecular formula is C12H11N3S2. The third-order valence-corrected chi connectivity index (χ3v) is 4.62. The monoisotopic (exact) mass is 261 g/mol. The third-order valence-electron chi connectivity index (χ3n) is 2.52. The number of nitrogens with two attached hydrogens (primary N) is 1. The van der Waals surface area contributed by atoms with Gasteiger partial charge in [-0.25, -0.2) is 4.98 Å². The topological polar surface area (TPSA) is 51.8 Å². The zero-order chi connectivity index (χ0) is 11.8. The maximum atomic E-state index is 5.84. The fraction of sp³-hybridized carbons (Fsp3) is 0.167. The molecule has 1 unspecified atom stereocenters. The van der Waals surface area contributed by atoms with Crippen LogP contribution in [0.5, 0.6) is 0 Å². The Hall–Kier alpha value is -1.30. The SMILES string of the molecule is CC(N)c1cnc(-c2cnc3ccsc3c2)s1. The van der Waals surface area contributed by atoms with Crippen molar-refractivity contribution in [1.82, 2.24) is 9.97 Å². The number of rotatable bonds is 2. The summed E-state index contributed by atoms with van der Waals surface area (Å²) in [5.41, 5.74) is 7.95. The maximum Gasteiger partial charge on any atom is 0.125 e. The Kier molecular flexibility index (Phi) is 2.66. The molecule has 3 nitrogen and oxygen atoms in total. The molecule has 0 bridgehead atoms. The van der Waals surface area contributed by atoms with Crippen molar-refractivity contribution in [1.29, 1.82) is 0 Å². The van der Waals surface area contributed by atoms with Crippen LogP contribution in [-0.2, 0) is 0 Å². The Morgan fingerprint density at radius 2 is 2.18 bits per heavy atom. The van der Waals surface area contributed by atoms with E-state index in [9.17, 15) is 0 Å². The minimum atomic E-state index is 0.0414. The van der Waals surface area contributed by atoms with E-state index in [4.69, 9.17) is 5.73 Å². The summed E-state index contributed by atoms with van der Waals surface area (Å²) < 4.78 is 1.19. The van der Waals surface area contributed by atoms with Crippen LogP contribution in [0.2, 0.25) is 0 Å². The molecule has 2 N–H and O–H groups in total. The van der Waals surface area contributed by atoms with Gasteiger partial charge in [0.1, 0.15) is 5.01 Å². The first-order valence-electron chi connectivity index (χ1n) is 5.29. The van der Waals surface area contributed by atoms with Crippen LogP contribution < -0.4 is 5.73 Å². The first kappa shape index (κ1) is 10.8. The normalized spacial score (nSPS) is 13.1. The molecule has 3 aromatic heterocycles. The summed E-state index contributed by atoms with van der Waals surface area (Å²) in [6.07, 6.45) is 3.72. The minimum Gasteiger partial charge on any atom is -0.323 e. The van der Waals surface area contributed by atoms with Crippen molar-refractivity contribution in [2.45, 2.75) is 13.0 Å². The number of thiophene rings is 1. The Balaban J connectivity index is 2.06. The molecule has 0 aromatic carbocycles. The lowest BCUT2D eigenvalue weighted by atomic mass is 10.3. The number of hydrogen-bond donors (Lipinski definition) is 1. The Bertz CT molecular complexity index is 654. The average molecular weight is 261 g/mol. The third kappa shape index (κ3) is 1.97. The van der Waals surface area contributed by atoms with Gasteiger partial charge in [0, 0.05) is 28.9 Å². The molecule has 0 aliphatic heterocycles. The summed E-state index contributed by atoms with van der Waals surface area (Å²) in [4.78, 5) is 9.92. The summed E-state index contributed by atoms with van der Waals surface area (Å²) in [6.45, 7) is 1.97. The average Bonchev–Trinajstić information content (AvgIpc) is 2.97. The smallest absolute Gasteiger partial charge is 0.125 e. The summed E-state index contributed by atoms with van der Waals surface area (Å²) in [5.74, 6) is 0. The number of fused-ring (bicyclic) bond motifs is 1. The molecule has 1 atom stereocenters. The number of hydrogen-bond acceptors (Lipinski definition) is 5. The predicted molar refractivity (Wildman–Crippen MR) is 73.3 cm³/mol. The summed E-state index contributed by atoms with van der Waals surface area (Å²) >= 11 is 3.33. The molecule has 3 aromatic rings. The fourth-order valence-corrected chi connectivity index (χ4v) is 3.22. The summed E-state index contributed by atoms with van der Waals surface area (Å²) in [7, 11) is 0. The van der Waals surface area contributed by atoms with Gasteiger partial charge in [-0.05, 0) is 24.4 Å². The Labute approximate surface area is 107 Å². The van der Waals surface area contributed by atoms with E-state index in [0.29, 0.717) is 0 Å². The molecule has 0 fully saturated rings. The number of thiazole rings is 1. The van der Waals surface area contributed by atoms with E-state index < -0.39 is 0 Å². The van der Waals surface area contributed by atoms with Crippen molar-refractivity contribution in [2.24, 2.45) is 5.73 Å². The molecule has 0 aliphatic carbocycles. The van der Waals surface area contributed by atoms with Crippen LogP contribution in [0.1, 0.15) is 17.8 Å². The second-order valence-electron chi connectivity index (χ2n) is 3.88. The van der Waals surface area contributed by atoms with Gasteiger partial charge in [0.05, 0.1) is 10.2 Å². The predicted octanol–water partition coefficient (Wildman–Crippen LogP) is 3.44. The first-order valence-corrected chi connectivity index (χ1v) is 6.98. The van der Waals surface area contributed by atoms with E-state index in [0.717, 1.165) is 21.0 Å². The van der Waals surface area contributed by atoms with Gasteiger partial charge >= 0.3 is 0 Å². The van der Waals surface area contributed by atoms with Crippen LogP contribution in [0.15, 0.2) is 29.9 Å². The molecule has 3 heterocycles. The van der Waals surface area contributed by atoms with Gasteiger partial charge in [0.15, 0.2) is 0 Å². The van der Waals surface area contributed by atoms with Crippen molar-refractivity contribution in [3.05, 3.63) is 34.8 Å². The van der Waals surface area contributed by atoms with Crippen molar-refractivity contribution < 1.29 is 0 Å². The van der Waals surface area contributed by atoms with Gasteiger partial charge < -0.3 is 5.73 Å². The first-order chi connectivity index (χ1) is 8.24. The van der Waals surface area contributed by atoms with Crippen LogP contribution in [0.4, 0.5) is 0 Å². The molecule has 86 valence electrons. The van der Waals surface area contributed by atoms with E-state index in [1.165, 1.54) is 4.70 Å². The van der Waals surface area contributed by atoms with Crippen LogP contribution in [0.3, 0.4) is 0 Å². The minimum absolute atomic E-state index is 0.0414. The van der Waals surface area contributed by atoms with Crippen molar-refractivity contribution in [2.75, 3.05) is 0 Å². The van der Waals surface area contributed by atoms with Crippen molar-refractivity contribution in [3.63, 3.8) is 0 Å². The zero-order valence-electron chi connectivity index (χ0n) is 9.25. The van der Waals surface area contributed by atoms with Gasteiger partial charge in [-0.3, -0.25) is 4.98 Å².